The van der Waals surface area contributed by atoms with Gasteiger partial charge in [-0.25, -0.2) is 4.39 Å². The first-order chi connectivity index (χ1) is 15.2. The Morgan fingerprint density at radius 1 is 1.19 bits per heavy atom. The molecule has 4 aromatic rings. The number of amides is 1. The predicted molar refractivity (Wildman–Crippen MR) is 108 cm³/mol. The molecule has 8 nitrogen and oxygen atoms in total. The van der Waals surface area contributed by atoms with Crippen molar-refractivity contribution in [3.8, 4) is 22.8 Å². The molecule has 1 amide bonds. The molecule has 0 radical (unpaired) electrons. The number of nitrogens with zero attached hydrogens (tertiary/aromatic N) is 4. The van der Waals surface area contributed by atoms with Crippen LogP contribution in [-0.2, 0) is 6.42 Å². The van der Waals surface area contributed by atoms with Crippen LogP contribution in [0.4, 0.5) is 4.39 Å². The summed E-state index contributed by atoms with van der Waals surface area (Å²) < 4.78 is 24.3. The second kappa shape index (κ2) is 8.17. The lowest BCUT2D eigenvalue weighted by Gasteiger charge is -2.35. The zero-order valence-corrected chi connectivity index (χ0v) is 16.6. The summed E-state index contributed by atoms with van der Waals surface area (Å²) in [7, 11) is 0. The van der Waals surface area contributed by atoms with Gasteiger partial charge in [0.15, 0.2) is 5.76 Å². The summed E-state index contributed by atoms with van der Waals surface area (Å²) in [4.78, 5) is 15.2. The summed E-state index contributed by atoms with van der Waals surface area (Å²) in [5.74, 6) is 0.814. The van der Waals surface area contributed by atoms with Crippen LogP contribution in [0.25, 0.3) is 22.8 Å². The van der Waals surface area contributed by atoms with Crippen molar-refractivity contribution < 1.29 is 18.0 Å². The number of hydrogen-bond acceptors (Lipinski definition) is 6. The molecule has 0 saturated carbocycles. The van der Waals surface area contributed by atoms with E-state index < -0.39 is 0 Å². The number of hydrogen-bond donors (Lipinski definition) is 1. The molecule has 0 bridgehead atoms. The van der Waals surface area contributed by atoms with Gasteiger partial charge in [-0.05, 0) is 49.1 Å². The SMILES string of the molecule is O=C(c1[nH]ncc1-c1ccc(F)cc1)N1CCCCC1Cc1nnc(-c2ccco2)o1. The van der Waals surface area contributed by atoms with Crippen molar-refractivity contribution in [2.24, 2.45) is 0 Å². The molecule has 1 atom stereocenters. The van der Waals surface area contributed by atoms with Crippen molar-refractivity contribution in [2.75, 3.05) is 6.54 Å². The third kappa shape index (κ3) is 3.86. The molecule has 158 valence electrons. The molecule has 1 fully saturated rings. The van der Waals surface area contributed by atoms with Gasteiger partial charge in [0.25, 0.3) is 11.8 Å². The first-order valence-corrected chi connectivity index (χ1v) is 10.2. The molecule has 1 aliphatic rings. The van der Waals surface area contributed by atoms with Crippen LogP contribution in [0.15, 0.2) is 57.7 Å². The van der Waals surface area contributed by atoms with E-state index in [-0.39, 0.29) is 17.8 Å². The quantitative estimate of drug-likeness (QED) is 0.521. The fraction of sp³-hybridized carbons (Fsp3) is 0.273. The van der Waals surface area contributed by atoms with Crippen LogP contribution in [0, 0.1) is 5.82 Å². The van der Waals surface area contributed by atoms with Crippen LogP contribution < -0.4 is 0 Å². The Labute approximate surface area is 177 Å². The van der Waals surface area contributed by atoms with E-state index in [1.165, 1.54) is 12.1 Å². The fourth-order valence-corrected chi connectivity index (χ4v) is 3.96. The maximum atomic E-state index is 13.4. The van der Waals surface area contributed by atoms with Gasteiger partial charge < -0.3 is 13.7 Å². The van der Waals surface area contributed by atoms with Gasteiger partial charge in [-0.3, -0.25) is 9.89 Å². The minimum Gasteiger partial charge on any atom is -0.459 e. The van der Waals surface area contributed by atoms with E-state index in [0.29, 0.717) is 41.8 Å². The zero-order valence-electron chi connectivity index (χ0n) is 16.6. The molecule has 9 heteroatoms. The summed E-state index contributed by atoms with van der Waals surface area (Å²) in [5, 5.41) is 15.1. The minimum atomic E-state index is -0.329. The average Bonchev–Trinajstić information content (AvgIpc) is 3.55. The number of carbonyl (C=O) groups excluding carboxylic acids is 1. The van der Waals surface area contributed by atoms with E-state index in [4.69, 9.17) is 8.83 Å². The molecule has 1 N–H and O–H groups in total. The molecule has 1 unspecified atom stereocenters. The average molecular weight is 421 g/mol. The Kier molecular flexibility index (Phi) is 5.07. The summed E-state index contributed by atoms with van der Waals surface area (Å²) in [6, 6.07) is 9.44. The molecule has 5 rings (SSSR count). The lowest BCUT2D eigenvalue weighted by atomic mass is 9.97. The van der Waals surface area contributed by atoms with Crippen LogP contribution in [-0.4, -0.2) is 43.8 Å². The van der Waals surface area contributed by atoms with E-state index in [0.717, 1.165) is 24.8 Å². The van der Waals surface area contributed by atoms with Crippen LogP contribution >= 0.6 is 0 Å². The van der Waals surface area contributed by atoms with Gasteiger partial charge in [-0.2, -0.15) is 5.10 Å². The molecule has 1 aliphatic heterocycles. The lowest BCUT2D eigenvalue weighted by Crippen LogP contribution is -2.45. The van der Waals surface area contributed by atoms with Crippen molar-refractivity contribution in [3.05, 3.63) is 66.3 Å². The Morgan fingerprint density at radius 2 is 2.06 bits per heavy atom. The third-order valence-electron chi connectivity index (χ3n) is 5.51. The maximum Gasteiger partial charge on any atom is 0.283 e. The molecule has 31 heavy (non-hydrogen) atoms. The Bertz CT molecular complexity index is 1170. The molecule has 4 heterocycles. The van der Waals surface area contributed by atoms with Gasteiger partial charge in [0.1, 0.15) is 11.5 Å². The maximum absolute atomic E-state index is 13.4. The van der Waals surface area contributed by atoms with Crippen molar-refractivity contribution in [2.45, 2.75) is 31.7 Å². The van der Waals surface area contributed by atoms with Crippen molar-refractivity contribution in [1.29, 1.82) is 0 Å². The second-order valence-corrected chi connectivity index (χ2v) is 7.50. The molecular formula is C22H20FN5O3. The first-order valence-electron chi connectivity index (χ1n) is 10.2. The highest BCUT2D eigenvalue weighted by Crippen LogP contribution is 2.28. The predicted octanol–water partition coefficient (Wildman–Crippen LogP) is 4.10. The number of carbonyl (C=O) groups is 1. The van der Waals surface area contributed by atoms with E-state index in [1.54, 1.807) is 36.7 Å². The number of piperidine rings is 1. The van der Waals surface area contributed by atoms with E-state index >= 15 is 0 Å². The fourth-order valence-electron chi connectivity index (χ4n) is 3.96. The van der Waals surface area contributed by atoms with E-state index in [2.05, 4.69) is 20.4 Å². The molecule has 1 saturated heterocycles. The van der Waals surface area contributed by atoms with Gasteiger partial charge in [-0.15, -0.1) is 10.2 Å². The Morgan fingerprint density at radius 3 is 2.87 bits per heavy atom. The Hall–Kier alpha value is -3.75. The highest BCUT2D eigenvalue weighted by Gasteiger charge is 2.31. The number of likely N-dealkylation sites (tertiary alicyclic amines) is 1. The summed E-state index contributed by atoms with van der Waals surface area (Å²) in [6.45, 7) is 0.630. The monoisotopic (exact) mass is 421 g/mol. The number of aromatic amines is 1. The third-order valence-corrected chi connectivity index (χ3v) is 5.51. The van der Waals surface area contributed by atoms with Crippen LogP contribution in [0.5, 0.6) is 0 Å². The first kappa shape index (κ1) is 19.2. The topological polar surface area (TPSA) is 101 Å². The summed E-state index contributed by atoms with van der Waals surface area (Å²) in [5.41, 5.74) is 1.76. The number of nitrogens with one attached hydrogen (secondary N) is 1. The van der Waals surface area contributed by atoms with Gasteiger partial charge in [0.2, 0.25) is 5.89 Å². The number of halogens is 1. The second-order valence-electron chi connectivity index (χ2n) is 7.50. The molecule has 1 aromatic carbocycles. The number of benzene rings is 1. The number of rotatable bonds is 5. The lowest BCUT2D eigenvalue weighted by molar-refractivity contribution is 0.0600. The number of aromatic nitrogens is 4. The zero-order chi connectivity index (χ0) is 21.2. The van der Waals surface area contributed by atoms with E-state index in [1.807, 2.05) is 4.90 Å². The van der Waals surface area contributed by atoms with Crippen LogP contribution in [0.1, 0.15) is 35.6 Å². The van der Waals surface area contributed by atoms with Crippen molar-refractivity contribution >= 4 is 5.91 Å². The van der Waals surface area contributed by atoms with Crippen LogP contribution in [0.3, 0.4) is 0 Å². The molecule has 0 aliphatic carbocycles. The van der Waals surface area contributed by atoms with Gasteiger partial charge >= 0.3 is 0 Å². The van der Waals surface area contributed by atoms with Crippen LogP contribution in [0.2, 0.25) is 0 Å². The molecule has 0 spiro atoms. The van der Waals surface area contributed by atoms with E-state index in [9.17, 15) is 9.18 Å². The summed E-state index contributed by atoms with van der Waals surface area (Å²) in [6.07, 6.45) is 6.37. The van der Waals surface area contributed by atoms with Crippen molar-refractivity contribution in [1.82, 2.24) is 25.3 Å². The van der Waals surface area contributed by atoms with Gasteiger partial charge in [-0.1, -0.05) is 12.1 Å². The number of furan rings is 1. The normalized spacial score (nSPS) is 16.5. The highest BCUT2D eigenvalue weighted by atomic mass is 19.1. The van der Waals surface area contributed by atoms with Gasteiger partial charge in [0, 0.05) is 24.6 Å². The van der Waals surface area contributed by atoms with Gasteiger partial charge in [0.05, 0.1) is 12.5 Å². The minimum absolute atomic E-state index is 0.0736. The molecule has 3 aromatic heterocycles. The Balaban J connectivity index is 1.37. The summed E-state index contributed by atoms with van der Waals surface area (Å²) >= 11 is 0. The number of H-pyrrole nitrogens is 1. The standard InChI is InChI=1S/C22H20FN5O3/c23-15-8-6-14(7-9-15)17-13-24-26-20(17)22(29)28-10-2-1-4-16(28)12-19-25-27-21(31-19)18-5-3-11-30-18/h3,5-9,11,13,16H,1-2,4,10,12H2,(H,24,26). The highest BCUT2D eigenvalue weighted by molar-refractivity contribution is 5.99. The molecular weight excluding hydrogens is 401 g/mol. The smallest absolute Gasteiger partial charge is 0.283 e. The van der Waals surface area contributed by atoms with Crippen molar-refractivity contribution in [3.63, 3.8) is 0 Å². The largest absolute Gasteiger partial charge is 0.459 e.